The van der Waals surface area contributed by atoms with Crippen molar-refractivity contribution in [3.8, 4) is 44.5 Å². The van der Waals surface area contributed by atoms with Crippen LogP contribution in [0.5, 0.6) is 0 Å². The number of likely N-dealkylation sites (N-methyl/N-ethyl adjacent to an activating group) is 2. The van der Waals surface area contributed by atoms with Gasteiger partial charge in [-0.1, -0.05) is 36.4 Å². The quantitative estimate of drug-likeness (QED) is 0.124. The summed E-state index contributed by atoms with van der Waals surface area (Å²) in [5.74, 6) is -0.489. The number of pyridine rings is 4. The number of rotatable bonds is 10. The lowest BCUT2D eigenvalue weighted by Gasteiger charge is -2.47. The molecule has 28 heteroatoms. The van der Waals surface area contributed by atoms with Crippen molar-refractivity contribution in [1.82, 2.24) is 97.9 Å². The molecule has 116 heavy (non-hydrogen) atoms. The van der Waals surface area contributed by atoms with Gasteiger partial charge in [0.25, 0.3) is 0 Å². The summed E-state index contributed by atoms with van der Waals surface area (Å²) in [4.78, 5) is 56.1. The van der Waals surface area contributed by atoms with E-state index in [0.717, 1.165) is 265 Å². The van der Waals surface area contributed by atoms with Crippen LogP contribution in [0.4, 0.5) is 31.5 Å². The predicted octanol–water partition coefficient (Wildman–Crippen LogP) is 11.8. The van der Waals surface area contributed by atoms with Crippen molar-refractivity contribution in [3.63, 3.8) is 0 Å². The third-order valence-corrected chi connectivity index (χ3v) is 23.6. The molecule has 0 amide bonds. The van der Waals surface area contributed by atoms with Crippen molar-refractivity contribution in [2.24, 2.45) is 0 Å². The molecule has 0 spiro atoms. The Morgan fingerprint density at radius 1 is 0.328 bits per heavy atom. The van der Waals surface area contributed by atoms with Gasteiger partial charge in [0.05, 0.1) is 146 Å². The molecule has 4 aromatic carbocycles. The normalized spacial score (nSPS) is 17.0. The Kier molecular flexibility index (Phi) is 20.1. The molecule has 22 rings (SSSR count). The summed E-state index contributed by atoms with van der Waals surface area (Å²) in [5, 5.41) is 22.4. The van der Waals surface area contributed by atoms with E-state index in [2.05, 4.69) is 148 Å². The number of fused-ring (bicyclic) bond motifs is 8. The minimum atomic E-state index is -0.246. The van der Waals surface area contributed by atoms with Crippen LogP contribution in [-0.2, 0) is 9.47 Å². The van der Waals surface area contributed by atoms with Gasteiger partial charge < -0.3 is 38.9 Å². The van der Waals surface area contributed by atoms with Gasteiger partial charge in [0.15, 0.2) is 22.6 Å². The average Bonchev–Trinajstić information content (AvgIpc) is 1.51. The average molecular weight is 1550 g/mol. The van der Waals surface area contributed by atoms with Crippen LogP contribution in [0.15, 0.2) is 184 Å². The largest absolute Gasteiger partial charge is 0.379 e. The number of hydrogen-bond donors (Lipinski definition) is 0. The second-order valence-corrected chi connectivity index (χ2v) is 31.2. The van der Waals surface area contributed by atoms with Crippen LogP contribution >= 0.6 is 0 Å². The lowest BCUT2D eigenvalue weighted by Crippen LogP contribution is -2.61. The third-order valence-electron chi connectivity index (χ3n) is 23.6. The van der Waals surface area contributed by atoms with E-state index < -0.39 is 0 Å². The molecular weight excluding hydrogens is 1460 g/mol. The summed E-state index contributed by atoms with van der Waals surface area (Å²) in [6, 6.07) is 32.4. The van der Waals surface area contributed by atoms with Gasteiger partial charge in [-0.3, -0.25) is 29.7 Å². The van der Waals surface area contributed by atoms with Gasteiger partial charge in [-0.2, -0.15) is 20.4 Å². The predicted molar refractivity (Wildman–Crippen MR) is 450 cm³/mol. The maximum atomic E-state index is 14.0. The molecular formula is C88H90F2N24O2. The number of halogens is 2. The number of aromatic nitrogens is 16. The number of morpholine rings is 2. The first-order valence-corrected chi connectivity index (χ1v) is 39.9. The number of piperazine rings is 2. The van der Waals surface area contributed by atoms with E-state index in [-0.39, 0.29) is 11.6 Å². The molecule has 26 nitrogen and oxygen atoms in total. The van der Waals surface area contributed by atoms with Crippen molar-refractivity contribution >= 4 is 88.9 Å². The molecule has 0 aliphatic carbocycles. The number of benzene rings is 4. The van der Waals surface area contributed by atoms with Crippen molar-refractivity contribution in [1.29, 1.82) is 0 Å². The van der Waals surface area contributed by atoms with Gasteiger partial charge >= 0.3 is 0 Å². The van der Waals surface area contributed by atoms with Crippen LogP contribution < -0.4 is 19.6 Å². The number of para-hydroxylation sites is 2. The first-order valence-electron chi connectivity index (χ1n) is 39.9. The third kappa shape index (κ3) is 14.6. The van der Waals surface area contributed by atoms with E-state index in [4.69, 9.17) is 29.4 Å². The van der Waals surface area contributed by atoms with E-state index in [1.807, 2.05) is 136 Å². The second kappa shape index (κ2) is 31.5. The van der Waals surface area contributed by atoms with Gasteiger partial charge in [0.1, 0.15) is 11.6 Å². The van der Waals surface area contributed by atoms with Gasteiger partial charge in [-0.15, -0.1) is 0 Å². The van der Waals surface area contributed by atoms with E-state index in [0.29, 0.717) is 34.2 Å². The first-order chi connectivity index (χ1) is 56.7. The first kappa shape index (κ1) is 74.0. The zero-order valence-electron chi connectivity index (χ0n) is 65.9. The lowest BCUT2D eigenvalue weighted by atomic mass is 10.0. The Morgan fingerprint density at radius 2 is 0.664 bits per heavy atom. The summed E-state index contributed by atoms with van der Waals surface area (Å²) >= 11 is 0. The van der Waals surface area contributed by atoms with Gasteiger partial charge in [-0.25, -0.2) is 46.8 Å². The smallest absolute Gasteiger partial charge is 0.162 e. The minimum absolute atomic E-state index is 0.244. The highest BCUT2D eigenvalue weighted by Gasteiger charge is 2.35. The zero-order valence-corrected chi connectivity index (χ0v) is 65.9. The summed E-state index contributed by atoms with van der Waals surface area (Å²) < 4.78 is 46.3. The van der Waals surface area contributed by atoms with Crippen LogP contribution in [0, 0.1) is 39.3 Å². The van der Waals surface area contributed by atoms with Crippen molar-refractivity contribution in [3.05, 3.63) is 218 Å². The summed E-state index contributed by atoms with van der Waals surface area (Å²) in [6.45, 7) is 27.4. The molecule has 6 aliphatic rings. The van der Waals surface area contributed by atoms with Crippen LogP contribution in [0.3, 0.4) is 0 Å². The number of ether oxygens (including phenoxy) is 2. The molecule has 6 fully saturated rings. The second-order valence-electron chi connectivity index (χ2n) is 31.2. The highest BCUT2D eigenvalue weighted by molar-refractivity contribution is 6.01. The molecule has 0 saturated carbocycles. The number of nitrogens with zero attached hydrogens (tertiary/aromatic N) is 24. The maximum absolute atomic E-state index is 14.0. The molecule has 18 heterocycles. The van der Waals surface area contributed by atoms with E-state index in [1.165, 1.54) is 12.1 Å². The standard InChI is InChI=1S/C23H23FN6O.C23H24N6O.C21H21FN6.C21H22N6/c1-15-8-19-18(2-3-25-22(19)9-21(15)24)20-11-27-30-14-16(10-26-23(20)30)29-12-17(13-29)28-4-6-31-7-5-28;1-16-10-20(19-4-2-3-5-22(19)26-16)21-12-25-29-15-17(11-24-23(21)29)28-13-18(14-28)27-6-8-30-9-7-27;1-14-9-17-16(3-4-23-20(17)10-19(14)22)18-12-25-28-13-15(11-24-21(18)28)27-7-5-26(2)6-8-27;1-15-11-18(17-5-3-4-6-20(17)24-15)19-13-23-27-14-16(12-22-21(19)27)26-9-7-25(2)8-10-26/h2-3,8-11,14,17H,4-7,12-13H2,1H3;2-5,10-12,15,18H,6-9,13-14H2,1H3;3-4,9-13H,5-8H2,1-2H3;3-6,11-14H,7-10H2,1-2H3. The zero-order chi connectivity index (χ0) is 78.7. The van der Waals surface area contributed by atoms with Gasteiger partial charge in [-0.05, 0) is 124 Å². The summed E-state index contributed by atoms with van der Waals surface area (Å²) in [6.07, 6.45) is 26.9. The fourth-order valence-corrected chi connectivity index (χ4v) is 16.8. The monoisotopic (exact) mass is 1550 g/mol. The molecule has 0 radical (unpaired) electrons. The molecule has 0 atom stereocenters. The molecule has 588 valence electrons. The highest BCUT2D eigenvalue weighted by Crippen LogP contribution is 2.38. The Hall–Kier alpha value is -12.2. The highest BCUT2D eigenvalue weighted by atomic mass is 19.1. The molecule has 12 aromatic heterocycles. The van der Waals surface area contributed by atoms with E-state index in [1.54, 1.807) is 26.2 Å². The molecule has 6 aliphatic heterocycles. The fraction of sp³-hybridized carbons (Fsp3) is 0.318. The number of anilines is 4. The van der Waals surface area contributed by atoms with Crippen LogP contribution in [-0.4, -0.2) is 255 Å². The molecule has 0 N–H and O–H groups in total. The van der Waals surface area contributed by atoms with E-state index in [9.17, 15) is 8.78 Å². The van der Waals surface area contributed by atoms with Crippen molar-refractivity contribution in [2.75, 3.05) is 165 Å². The topological polar surface area (TPSA) is 217 Å². The fourth-order valence-electron chi connectivity index (χ4n) is 16.8. The van der Waals surface area contributed by atoms with E-state index >= 15 is 0 Å². The van der Waals surface area contributed by atoms with Crippen LogP contribution in [0.1, 0.15) is 22.5 Å². The lowest BCUT2D eigenvalue weighted by molar-refractivity contribution is 0.0105. The summed E-state index contributed by atoms with van der Waals surface area (Å²) in [5.41, 5.74) is 22.3. The van der Waals surface area contributed by atoms with Crippen molar-refractivity contribution < 1.29 is 18.3 Å². The van der Waals surface area contributed by atoms with Gasteiger partial charge in [0, 0.05) is 197 Å². The van der Waals surface area contributed by atoms with Crippen molar-refractivity contribution in [2.45, 2.75) is 39.8 Å². The summed E-state index contributed by atoms with van der Waals surface area (Å²) in [7, 11) is 4.31. The Balaban J connectivity index is 0.000000103. The maximum Gasteiger partial charge on any atom is 0.162 e. The van der Waals surface area contributed by atoms with Gasteiger partial charge in [0.2, 0.25) is 0 Å². The molecule has 0 unspecified atom stereocenters. The Bertz CT molecular complexity index is 6320. The Morgan fingerprint density at radius 3 is 1.03 bits per heavy atom. The molecule has 16 aromatic rings. The molecule has 0 bridgehead atoms. The number of aryl methyl sites for hydroxylation is 4. The molecule has 6 saturated heterocycles. The number of hydrogen-bond acceptors (Lipinski definition) is 22. The van der Waals surface area contributed by atoms with Crippen LogP contribution in [0.25, 0.3) is 111 Å². The minimum Gasteiger partial charge on any atom is -0.379 e. The van der Waals surface area contributed by atoms with Crippen LogP contribution in [0.2, 0.25) is 0 Å². The SMILES string of the molecule is Cc1cc(-c2cnn3cc(N4CC(N5CCOCC5)C4)cnc23)c2ccccc2n1.Cc1cc(-c2cnn3cc(N4CCN(C)CC4)cnc23)c2ccccc2n1.Cc1cc2c(-c3cnn4cc(N5CC(N6CCOCC6)C5)cnc34)ccnc2cc1F.Cc1cc2c(-c3cnn4cc(N5CCN(C)CC5)cnc34)ccnc2cc1F. The Labute approximate surface area is 668 Å².